The molecule has 66 heavy (non-hydrogen) atoms. The Labute approximate surface area is 391 Å². The van der Waals surface area contributed by atoms with Crippen LogP contribution in [-0.2, 0) is 44.9 Å². The summed E-state index contributed by atoms with van der Waals surface area (Å²) >= 11 is 0. The quantitative estimate of drug-likeness (QED) is 0.0553. The topological polar surface area (TPSA) is 92.3 Å². The van der Waals surface area contributed by atoms with Crippen LogP contribution in [0.3, 0.4) is 0 Å². The van der Waals surface area contributed by atoms with Crippen molar-refractivity contribution >= 4 is 0 Å². The molecule has 0 aromatic heterocycles. The van der Waals surface area contributed by atoms with Gasteiger partial charge in [0.05, 0.1) is 71.1 Å². The van der Waals surface area contributed by atoms with Crippen molar-refractivity contribution in [1.82, 2.24) is 0 Å². The van der Waals surface area contributed by atoms with Crippen molar-refractivity contribution in [2.45, 2.75) is 57.3 Å². The summed E-state index contributed by atoms with van der Waals surface area (Å²) in [4.78, 5) is 0. The largest absolute Gasteiger partial charge is 0.497 e. The molecular formula is C56H66O10. The van der Waals surface area contributed by atoms with Crippen LogP contribution in [0.25, 0.3) is 0 Å². The van der Waals surface area contributed by atoms with Gasteiger partial charge < -0.3 is 47.4 Å². The summed E-state index contributed by atoms with van der Waals surface area (Å²) in [6.07, 6.45) is 6.61. The molecule has 10 nitrogen and oxygen atoms in total. The van der Waals surface area contributed by atoms with Crippen molar-refractivity contribution in [1.29, 1.82) is 0 Å². The Morgan fingerprint density at radius 2 is 0.697 bits per heavy atom. The van der Waals surface area contributed by atoms with E-state index in [2.05, 4.69) is 72.8 Å². The maximum Gasteiger partial charge on any atom is 0.203 e. The molecule has 0 saturated carbocycles. The molecule has 0 radical (unpaired) electrons. The van der Waals surface area contributed by atoms with E-state index in [0.717, 1.165) is 96.6 Å². The van der Waals surface area contributed by atoms with Gasteiger partial charge in [0.2, 0.25) is 11.5 Å². The van der Waals surface area contributed by atoms with Gasteiger partial charge in [-0.25, -0.2) is 0 Å². The normalized spacial score (nSPS) is 11.8. The van der Waals surface area contributed by atoms with Crippen LogP contribution in [0.15, 0.2) is 109 Å². The summed E-state index contributed by atoms with van der Waals surface area (Å²) in [5, 5.41) is 0. The molecule has 0 aliphatic carbocycles. The summed E-state index contributed by atoms with van der Waals surface area (Å²) in [5.41, 5.74) is 9.39. The first kappa shape index (κ1) is 48.8. The van der Waals surface area contributed by atoms with Gasteiger partial charge in [0.15, 0.2) is 23.0 Å². The fourth-order valence-electron chi connectivity index (χ4n) is 8.92. The van der Waals surface area contributed by atoms with Gasteiger partial charge in [-0.1, -0.05) is 48.5 Å². The highest BCUT2D eigenvalue weighted by Crippen LogP contribution is 2.41. The second-order valence-electron chi connectivity index (χ2n) is 16.3. The van der Waals surface area contributed by atoms with E-state index in [4.69, 9.17) is 47.4 Å². The molecule has 0 aliphatic rings. The summed E-state index contributed by atoms with van der Waals surface area (Å²) in [7, 11) is 16.7. The predicted octanol–water partition coefficient (Wildman–Crippen LogP) is 11.2. The van der Waals surface area contributed by atoms with Gasteiger partial charge in [-0.3, -0.25) is 0 Å². The zero-order chi connectivity index (χ0) is 47.0. The minimum absolute atomic E-state index is 0.162. The lowest BCUT2D eigenvalue weighted by Crippen LogP contribution is -2.19. The summed E-state index contributed by atoms with van der Waals surface area (Å²) in [6.45, 7) is 0. The Morgan fingerprint density at radius 3 is 1.09 bits per heavy atom. The minimum atomic E-state index is 0.162. The molecule has 10 heteroatoms. The Balaban J connectivity index is 1.30. The van der Waals surface area contributed by atoms with Crippen LogP contribution >= 0.6 is 0 Å². The third kappa shape index (κ3) is 12.2. The number of methoxy groups -OCH3 is 10. The molecule has 0 heterocycles. The van der Waals surface area contributed by atoms with Crippen LogP contribution < -0.4 is 47.4 Å². The van der Waals surface area contributed by atoms with Gasteiger partial charge in [0.25, 0.3) is 0 Å². The Hall–Kier alpha value is -6.68. The van der Waals surface area contributed by atoms with E-state index in [1.54, 1.807) is 71.1 Å². The van der Waals surface area contributed by atoms with E-state index < -0.39 is 0 Å². The summed E-state index contributed by atoms with van der Waals surface area (Å²) < 4.78 is 56.9. The molecule has 6 rings (SSSR count). The SMILES string of the molecule is COc1ccc(CC[C@@H](Cc2ccc(CCc3cc(OC)c(OC)c(OC)c3)c(OC)c2)[C@H](Cc2ccc(CCc3cc(OC)c(OC)c(OC)c3)c(OC)c2)c2ccc(OC)cc2)cc1. The van der Waals surface area contributed by atoms with Crippen LogP contribution in [-0.4, -0.2) is 71.1 Å². The lowest BCUT2D eigenvalue weighted by Gasteiger charge is -2.29. The van der Waals surface area contributed by atoms with Gasteiger partial charge >= 0.3 is 0 Å². The van der Waals surface area contributed by atoms with Crippen LogP contribution in [0, 0.1) is 5.92 Å². The van der Waals surface area contributed by atoms with Crippen molar-refractivity contribution < 1.29 is 47.4 Å². The molecular weight excluding hydrogens is 833 g/mol. The third-order valence-electron chi connectivity index (χ3n) is 12.5. The van der Waals surface area contributed by atoms with E-state index in [1.165, 1.54) is 22.3 Å². The highest BCUT2D eigenvalue weighted by Gasteiger charge is 2.26. The fraction of sp³-hybridized carbons (Fsp3) is 0.357. The van der Waals surface area contributed by atoms with Crippen LogP contribution in [0.2, 0.25) is 0 Å². The van der Waals surface area contributed by atoms with E-state index in [9.17, 15) is 0 Å². The molecule has 0 unspecified atom stereocenters. The number of ether oxygens (including phenoxy) is 10. The van der Waals surface area contributed by atoms with Gasteiger partial charge in [-0.05, 0) is 168 Å². The Kier molecular flexibility index (Phi) is 17.7. The molecule has 0 fully saturated rings. The Morgan fingerprint density at radius 1 is 0.318 bits per heavy atom. The molecule has 0 saturated heterocycles. The molecule has 350 valence electrons. The maximum atomic E-state index is 6.09. The van der Waals surface area contributed by atoms with Crippen molar-refractivity contribution in [2.24, 2.45) is 5.92 Å². The summed E-state index contributed by atoms with van der Waals surface area (Å²) in [6, 6.07) is 38.5. The molecule has 2 atom stereocenters. The third-order valence-corrected chi connectivity index (χ3v) is 12.5. The minimum Gasteiger partial charge on any atom is -0.497 e. The zero-order valence-electron chi connectivity index (χ0n) is 40.3. The Bertz CT molecular complexity index is 2410. The molecule has 0 aliphatic heterocycles. The first-order valence-corrected chi connectivity index (χ1v) is 22.4. The number of benzene rings is 6. The highest BCUT2D eigenvalue weighted by atomic mass is 16.5. The van der Waals surface area contributed by atoms with E-state index >= 15 is 0 Å². The monoisotopic (exact) mass is 898 g/mol. The number of hydrogen-bond donors (Lipinski definition) is 0. The van der Waals surface area contributed by atoms with Gasteiger partial charge in [-0.15, -0.1) is 0 Å². The van der Waals surface area contributed by atoms with Gasteiger partial charge in [0.1, 0.15) is 23.0 Å². The molecule has 6 aromatic carbocycles. The molecule has 6 aromatic rings. The van der Waals surface area contributed by atoms with Crippen molar-refractivity contribution in [3.8, 4) is 57.5 Å². The van der Waals surface area contributed by atoms with E-state index in [1.807, 2.05) is 36.4 Å². The van der Waals surface area contributed by atoms with Gasteiger partial charge in [-0.2, -0.15) is 0 Å². The number of rotatable bonds is 25. The number of aryl methyl sites for hydroxylation is 5. The second kappa shape index (κ2) is 24.0. The average Bonchev–Trinajstić information content (AvgIpc) is 3.37. The van der Waals surface area contributed by atoms with Gasteiger partial charge in [0, 0.05) is 0 Å². The molecule has 0 amide bonds. The summed E-state index contributed by atoms with van der Waals surface area (Å²) in [5.74, 6) is 7.57. The maximum absolute atomic E-state index is 6.09. The standard InChI is InChI=1S/C56H66O10/c1-57-46-25-16-37(17-26-46)11-22-45(29-38-12-18-43(49(31-38)59-3)20-14-40-33-51(61-5)55(65-9)52(34-40)62-6)48(42-23-27-47(58-2)28-24-42)30-39-13-19-44(50(32-39)60-4)21-15-41-35-53(63-7)56(66-10)54(36-41)64-8/h12-13,16-19,23-28,31-36,45,48H,11,14-15,20-22,29-30H2,1-10H3/t45-,48+/m0/s1. The highest BCUT2D eigenvalue weighted by molar-refractivity contribution is 5.55. The molecule has 0 bridgehead atoms. The predicted molar refractivity (Wildman–Crippen MR) is 261 cm³/mol. The van der Waals surface area contributed by atoms with Crippen molar-refractivity contribution in [2.75, 3.05) is 71.1 Å². The van der Waals surface area contributed by atoms with Crippen LogP contribution in [0.5, 0.6) is 57.5 Å². The van der Waals surface area contributed by atoms with Crippen molar-refractivity contribution in [3.05, 3.63) is 154 Å². The zero-order valence-corrected chi connectivity index (χ0v) is 40.3. The van der Waals surface area contributed by atoms with Crippen LogP contribution in [0.1, 0.15) is 56.8 Å². The number of hydrogen-bond acceptors (Lipinski definition) is 10. The molecule has 0 spiro atoms. The molecule has 0 N–H and O–H groups in total. The lowest BCUT2D eigenvalue weighted by atomic mass is 9.75. The lowest BCUT2D eigenvalue weighted by molar-refractivity contribution is 0.323. The van der Waals surface area contributed by atoms with E-state index in [-0.39, 0.29) is 11.8 Å². The first-order chi connectivity index (χ1) is 32.2. The van der Waals surface area contributed by atoms with E-state index in [0.29, 0.717) is 34.5 Å². The average molecular weight is 899 g/mol. The first-order valence-electron chi connectivity index (χ1n) is 22.4. The smallest absolute Gasteiger partial charge is 0.203 e. The van der Waals surface area contributed by atoms with Crippen molar-refractivity contribution in [3.63, 3.8) is 0 Å². The van der Waals surface area contributed by atoms with Crippen LogP contribution in [0.4, 0.5) is 0 Å². The fourth-order valence-corrected chi connectivity index (χ4v) is 8.92. The second-order valence-corrected chi connectivity index (χ2v) is 16.3.